The quantitative estimate of drug-likeness (QED) is 0.281. The number of carbonyl (C=O) groups is 3. The number of esters is 1. The minimum absolute atomic E-state index is 0.0186. The summed E-state index contributed by atoms with van der Waals surface area (Å²) in [6.45, 7) is 0.677. The fraction of sp³-hybridized carbons (Fsp3) is 0.636. The number of rotatable bonds is 9. The van der Waals surface area contributed by atoms with Crippen LogP contribution in [-0.2, 0) is 23.9 Å². The monoisotopic (exact) mass is 274 g/mol. The Hall–Kier alpha value is -1.80. The Bertz CT molecular complexity index is 344. The number of nitrogens with one attached hydrogen (secondary N) is 2. The van der Waals surface area contributed by atoms with Crippen LogP contribution >= 0.6 is 0 Å². The summed E-state index contributed by atoms with van der Waals surface area (Å²) < 4.78 is 9.16. The summed E-state index contributed by atoms with van der Waals surface area (Å²) in [5.74, 6) is -1.86. The van der Waals surface area contributed by atoms with Crippen molar-refractivity contribution in [2.45, 2.75) is 31.9 Å². The van der Waals surface area contributed by atoms with Gasteiger partial charge in [0, 0.05) is 13.5 Å². The summed E-state index contributed by atoms with van der Waals surface area (Å²) in [4.78, 5) is 34.0. The second-order valence-electron chi connectivity index (χ2n) is 3.68. The van der Waals surface area contributed by atoms with Crippen LogP contribution in [0.5, 0.6) is 0 Å². The van der Waals surface area contributed by atoms with Crippen LogP contribution in [0.2, 0.25) is 0 Å². The van der Waals surface area contributed by atoms with Crippen molar-refractivity contribution in [2.75, 3.05) is 13.9 Å². The molecule has 0 saturated heterocycles. The zero-order chi connectivity index (χ0) is 14.8. The molecule has 3 N–H and O–H groups in total. The molecule has 19 heavy (non-hydrogen) atoms. The third kappa shape index (κ3) is 6.63. The first-order chi connectivity index (χ1) is 8.96. The van der Waals surface area contributed by atoms with E-state index in [1.807, 2.05) is 0 Å². The van der Waals surface area contributed by atoms with Gasteiger partial charge in [0.1, 0.15) is 12.1 Å². The Labute approximate surface area is 110 Å². The van der Waals surface area contributed by atoms with E-state index in [1.54, 1.807) is 0 Å². The van der Waals surface area contributed by atoms with Gasteiger partial charge < -0.3 is 25.3 Å². The fourth-order valence-corrected chi connectivity index (χ4v) is 1.17. The average Bonchev–Trinajstić information content (AvgIpc) is 2.41. The fourth-order valence-electron chi connectivity index (χ4n) is 1.17. The zero-order valence-corrected chi connectivity index (χ0v) is 10.8. The lowest BCUT2D eigenvalue weighted by molar-refractivity contribution is -0.156. The molecular weight excluding hydrogens is 256 g/mol. The van der Waals surface area contributed by atoms with Crippen molar-refractivity contribution in [3.05, 3.63) is 0 Å². The molecule has 0 bridgehead atoms. The van der Waals surface area contributed by atoms with E-state index < -0.39 is 36.6 Å². The van der Waals surface area contributed by atoms with Crippen LogP contribution in [0, 0.1) is 5.41 Å². The number of methoxy groups -OCH3 is 1. The molecular formula is C11H18N2O6. The summed E-state index contributed by atoms with van der Waals surface area (Å²) in [6.07, 6.45) is -0.234. The van der Waals surface area contributed by atoms with Crippen molar-refractivity contribution >= 4 is 23.9 Å². The number of ketones is 1. The van der Waals surface area contributed by atoms with Gasteiger partial charge in [-0.1, -0.05) is 0 Å². The van der Waals surface area contributed by atoms with Crippen molar-refractivity contribution in [3.8, 4) is 0 Å². The highest BCUT2D eigenvalue weighted by molar-refractivity contribution is 6.26. The van der Waals surface area contributed by atoms with Crippen LogP contribution in [0.3, 0.4) is 0 Å². The van der Waals surface area contributed by atoms with Crippen LogP contribution < -0.4 is 5.32 Å². The number of amides is 1. The smallest absolute Gasteiger partial charge is 0.330 e. The van der Waals surface area contributed by atoms with Gasteiger partial charge >= 0.3 is 5.97 Å². The van der Waals surface area contributed by atoms with Crippen LogP contribution in [0.15, 0.2) is 0 Å². The highest BCUT2D eigenvalue weighted by Crippen LogP contribution is 2.02. The molecule has 108 valence electrons. The first-order valence-electron chi connectivity index (χ1n) is 5.60. The average molecular weight is 274 g/mol. The van der Waals surface area contributed by atoms with E-state index in [4.69, 9.17) is 15.3 Å². The van der Waals surface area contributed by atoms with E-state index in [2.05, 4.69) is 10.1 Å². The maximum Gasteiger partial charge on any atom is 0.330 e. The van der Waals surface area contributed by atoms with Gasteiger partial charge in [0.2, 0.25) is 5.91 Å². The molecule has 0 fully saturated rings. The van der Waals surface area contributed by atoms with Crippen LogP contribution in [-0.4, -0.2) is 55.0 Å². The molecule has 0 saturated carbocycles. The summed E-state index contributed by atoms with van der Waals surface area (Å²) in [7, 11) is 1.34. The van der Waals surface area contributed by atoms with Crippen LogP contribution in [0.1, 0.15) is 19.8 Å². The molecule has 0 aromatic heterocycles. The lowest BCUT2D eigenvalue weighted by Gasteiger charge is -2.18. The van der Waals surface area contributed by atoms with E-state index in [0.717, 1.165) is 0 Å². The first kappa shape index (κ1) is 17.2. The Kier molecular flexibility index (Phi) is 8.30. The molecule has 0 aliphatic carbocycles. The molecule has 8 heteroatoms. The number of hydrogen-bond donors (Lipinski definition) is 3. The van der Waals surface area contributed by atoms with Gasteiger partial charge in [0.25, 0.3) is 0 Å². The van der Waals surface area contributed by atoms with Crippen molar-refractivity contribution in [3.63, 3.8) is 0 Å². The zero-order valence-electron chi connectivity index (χ0n) is 10.8. The minimum atomic E-state index is -1.07. The number of Topliss-reactive ketones (excluding diaryl/α,β-unsaturated/α-hetero) is 1. The summed E-state index contributed by atoms with van der Waals surface area (Å²) >= 11 is 0. The van der Waals surface area contributed by atoms with Crippen molar-refractivity contribution in [2.24, 2.45) is 0 Å². The molecule has 0 aromatic carbocycles. The Morgan fingerprint density at radius 1 is 1.42 bits per heavy atom. The van der Waals surface area contributed by atoms with Gasteiger partial charge in [-0.05, 0) is 13.3 Å². The van der Waals surface area contributed by atoms with Crippen LogP contribution in [0.4, 0.5) is 0 Å². The van der Waals surface area contributed by atoms with Gasteiger partial charge in [0.15, 0.2) is 12.6 Å². The lowest BCUT2D eigenvalue weighted by atomic mass is 10.1. The van der Waals surface area contributed by atoms with E-state index in [-0.39, 0.29) is 12.8 Å². The van der Waals surface area contributed by atoms with E-state index >= 15 is 0 Å². The van der Waals surface area contributed by atoms with Gasteiger partial charge in [0.05, 0.1) is 6.21 Å². The predicted molar refractivity (Wildman–Crippen MR) is 64.6 cm³/mol. The molecule has 0 spiro atoms. The normalized spacial score (nSPS) is 13.2. The highest BCUT2D eigenvalue weighted by atomic mass is 16.6. The van der Waals surface area contributed by atoms with Crippen LogP contribution in [0.25, 0.3) is 0 Å². The van der Waals surface area contributed by atoms with Gasteiger partial charge in [-0.2, -0.15) is 0 Å². The molecule has 0 aliphatic rings. The summed E-state index contributed by atoms with van der Waals surface area (Å²) in [5, 5.41) is 17.6. The maximum atomic E-state index is 11.6. The van der Waals surface area contributed by atoms with Gasteiger partial charge in [-0.25, -0.2) is 4.79 Å². The number of carbonyl (C=O) groups excluding carboxylic acids is 3. The molecule has 8 nitrogen and oxygen atoms in total. The summed E-state index contributed by atoms with van der Waals surface area (Å²) in [6, 6.07) is -1.07. The predicted octanol–water partition coefficient (Wildman–Crippen LogP) is -1.00. The van der Waals surface area contributed by atoms with Crippen molar-refractivity contribution < 1.29 is 29.0 Å². The number of aliphatic hydroxyl groups excluding tert-OH is 1. The number of ether oxygens (including phenoxy) is 2. The topological polar surface area (TPSA) is 126 Å². The van der Waals surface area contributed by atoms with Crippen molar-refractivity contribution in [1.82, 2.24) is 5.32 Å². The standard InChI is InChI=1S/C11H18N2O6/c1-7(18-2)10(16)13-9(11(17)19-6-14)4-3-8(15)5-12/h5,7,9,12,14H,3-4,6H2,1-2H3,(H,13,16)/t7-,9-/m0/s1. The molecule has 0 aromatic rings. The van der Waals surface area contributed by atoms with Gasteiger partial charge in [-0.3, -0.25) is 9.59 Å². The molecule has 1 amide bonds. The van der Waals surface area contributed by atoms with Crippen molar-refractivity contribution in [1.29, 1.82) is 5.41 Å². The third-order valence-corrected chi connectivity index (χ3v) is 2.37. The van der Waals surface area contributed by atoms with E-state index in [0.29, 0.717) is 6.21 Å². The second-order valence-corrected chi connectivity index (χ2v) is 3.68. The lowest BCUT2D eigenvalue weighted by Crippen LogP contribution is -2.46. The Balaban J connectivity index is 4.57. The molecule has 0 aliphatic heterocycles. The largest absolute Gasteiger partial charge is 0.437 e. The van der Waals surface area contributed by atoms with Gasteiger partial charge in [-0.15, -0.1) is 0 Å². The molecule has 0 heterocycles. The number of aliphatic hydroxyl groups is 1. The SMILES string of the molecule is CO[C@@H](C)C(=O)N[C@@H](CCC(=O)C=N)C(=O)OCO. The second kappa shape index (κ2) is 9.17. The number of hydrogen-bond acceptors (Lipinski definition) is 7. The minimum Gasteiger partial charge on any atom is -0.437 e. The molecule has 0 rings (SSSR count). The Morgan fingerprint density at radius 3 is 2.53 bits per heavy atom. The third-order valence-electron chi connectivity index (χ3n) is 2.37. The Morgan fingerprint density at radius 2 is 2.05 bits per heavy atom. The van der Waals surface area contributed by atoms with E-state index in [1.165, 1.54) is 14.0 Å². The first-order valence-corrected chi connectivity index (χ1v) is 5.60. The maximum absolute atomic E-state index is 11.6. The van der Waals surface area contributed by atoms with E-state index in [9.17, 15) is 14.4 Å². The highest BCUT2D eigenvalue weighted by Gasteiger charge is 2.25. The molecule has 0 unspecified atom stereocenters. The summed E-state index contributed by atoms with van der Waals surface area (Å²) in [5.41, 5.74) is 0. The molecule has 2 atom stereocenters. The molecule has 0 radical (unpaired) electrons.